The number of nitrogens with zero attached hydrogens (tertiary/aromatic N) is 4. The number of carbonyl (C=O) groups excluding carboxylic acids is 1. The van der Waals surface area contributed by atoms with Crippen molar-refractivity contribution in [1.82, 2.24) is 24.8 Å². The van der Waals surface area contributed by atoms with E-state index >= 15 is 0 Å². The number of fused-ring (bicyclic) bond motifs is 1. The summed E-state index contributed by atoms with van der Waals surface area (Å²) in [4.78, 5) is 30.8. The van der Waals surface area contributed by atoms with E-state index in [2.05, 4.69) is 25.3 Å². The molecule has 34 heavy (non-hydrogen) atoms. The van der Waals surface area contributed by atoms with Crippen LogP contribution in [0.1, 0.15) is 28.8 Å². The van der Waals surface area contributed by atoms with Crippen LogP contribution >= 0.6 is 11.6 Å². The normalized spacial score (nSPS) is 16.1. The van der Waals surface area contributed by atoms with E-state index in [1.807, 2.05) is 36.1 Å². The van der Waals surface area contributed by atoms with Gasteiger partial charge in [-0.1, -0.05) is 29.8 Å². The quantitative estimate of drug-likeness (QED) is 0.417. The molecule has 0 unspecified atom stereocenters. The van der Waals surface area contributed by atoms with E-state index in [4.69, 9.17) is 11.6 Å². The third-order valence-corrected chi connectivity index (χ3v) is 6.43. The molecule has 1 amide bonds. The number of hydrogen-bond acceptors (Lipinski definition) is 5. The molecule has 0 saturated carbocycles. The molecule has 1 atom stereocenters. The molecular weight excluding hydrogens is 455 g/mol. The van der Waals surface area contributed by atoms with Gasteiger partial charge in [-0.25, -0.2) is 19.3 Å². The molecule has 4 aromatic rings. The summed E-state index contributed by atoms with van der Waals surface area (Å²) in [7, 11) is 0. The van der Waals surface area contributed by atoms with Crippen LogP contribution in [0.15, 0.2) is 48.9 Å². The predicted octanol–water partition coefficient (Wildman–Crippen LogP) is 5.09. The molecule has 174 valence electrons. The van der Waals surface area contributed by atoms with Gasteiger partial charge in [0, 0.05) is 48.5 Å². The average molecular weight is 479 g/mol. The highest BCUT2D eigenvalue weighted by molar-refractivity contribution is 6.31. The Morgan fingerprint density at radius 3 is 3.00 bits per heavy atom. The van der Waals surface area contributed by atoms with Crippen molar-refractivity contribution in [2.24, 2.45) is 5.92 Å². The summed E-state index contributed by atoms with van der Waals surface area (Å²) in [6, 6.07) is 9.41. The predicted molar refractivity (Wildman–Crippen MR) is 130 cm³/mol. The number of aromatic amines is 1. The molecule has 1 aliphatic rings. The second-order valence-electron chi connectivity index (χ2n) is 8.60. The second kappa shape index (κ2) is 9.38. The summed E-state index contributed by atoms with van der Waals surface area (Å²) in [5.41, 5.74) is 3.05. The van der Waals surface area contributed by atoms with Crippen LogP contribution in [0, 0.1) is 18.7 Å². The van der Waals surface area contributed by atoms with E-state index in [1.54, 1.807) is 18.5 Å². The molecule has 1 aromatic carbocycles. The molecule has 9 heteroatoms. The third-order valence-electron chi connectivity index (χ3n) is 6.22. The van der Waals surface area contributed by atoms with Crippen molar-refractivity contribution in [3.63, 3.8) is 0 Å². The van der Waals surface area contributed by atoms with Crippen LogP contribution in [0.25, 0.3) is 22.4 Å². The highest BCUT2D eigenvalue weighted by Gasteiger charge is 2.25. The lowest BCUT2D eigenvalue weighted by Gasteiger charge is -2.33. The van der Waals surface area contributed by atoms with Crippen molar-refractivity contribution in [2.75, 3.05) is 25.0 Å². The number of hydrogen-bond donors (Lipinski definition) is 2. The number of piperidine rings is 1. The fourth-order valence-electron chi connectivity index (χ4n) is 4.42. The molecule has 1 saturated heterocycles. The van der Waals surface area contributed by atoms with E-state index in [-0.39, 0.29) is 17.6 Å². The number of rotatable bonds is 5. The number of pyridine rings is 1. The van der Waals surface area contributed by atoms with Gasteiger partial charge in [0.15, 0.2) is 17.5 Å². The number of aromatic nitrogens is 4. The minimum atomic E-state index is -0.525. The molecule has 2 N–H and O–H groups in total. The van der Waals surface area contributed by atoms with Crippen molar-refractivity contribution in [3.8, 4) is 11.4 Å². The van der Waals surface area contributed by atoms with Crippen LogP contribution in [-0.2, 0) is 0 Å². The number of amides is 1. The molecule has 1 fully saturated rings. The van der Waals surface area contributed by atoms with Gasteiger partial charge in [0.05, 0.1) is 11.2 Å². The summed E-state index contributed by atoms with van der Waals surface area (Å²) in [5.74, 6) is 0.222. The van der Waals surface area contributed by atoms with Crippen LogP contribution in [0.4, 0.5) is 10.2 Å². The SMILES string of the molecule is Cc1ccccc1C(=O)N1CCC[C@H](CNc2nc(-c3c[nH]c4ncc(Cl)cc34)ncc2F)C1. The number of halogens is 2. The highest BCUT2D eigenvalue weighted by Crippen LogP contribution is 2.28. The Bertz CT molecular complexity index is 1360. The van der Waals surface area contributed by atoms with Gasteiger partial charge in [0.1, 0.15) is 5.65 Å². The maximum Gasteiger partial charge on any atom is 0.254 e. The molecule has 0 aliphatic carbocycles. The standard InChI is InChI=1S/C25H24ClFN6O/c1-15-5-2-3-7-18(15)25(34)33-8-4-6-16(14-33)10-28-24-21(27)13-31-23(32-24)20-12-30-22-19(20)9-17(26)11-29-22/h2-3,5,7,9,11-13,16H,4,6,8,10,14H2,1H3,(H,29,30)(H,28,31,32)/t16-/m1/s1. The van der Waals surface area contributed by atoms with Crippen LogP contribution < -0.4 is 5.32 Å². The number of H-pyrrole nitrogens is 1. The first-order valence-corrected chi connectivity index (χ1v) is 11.6. The first kappa shape index (κ1) is 22.3. The zero-order valence-corrected chi connectivity index (χ0v) is 19.4. The van der Waals surface area contributed by atoms with Gasteiger partial charge < -0.3 is 15.2 Å². The minimum absolute atomic E-state index is 0.0462. The lowest BCUT2D eigenvalue weighted by molar-refractivity contribution is 0.0679. The smallest absolute Gasteiger partial charge is 0.254 e. The Kier molecular flexibility index (Phi) is 6.15. The van der Waals surface area contributed by atoms with Crippen molar-refractivity contribution in [2.45, 2.75) is 19.8 Å². The summed E-state index contributed by atoms with van der Waals surface area (Å²) >= 11 is 6.09. The summed E-state index contributed by atoms with van der Waals surface area (Å²) in [6.45, 7) is 3.80. The van der Waals surface area contributed by atoms with Crippen molar-refractivity contribution < 1.29 is 9.18 Å². The third kappa shape index (κ3) is 4.46. The molecule has 5 rings (SSSR count). The maximum absolute atomic E-state index is 14.5. The first-order chi connectivity index (χ1) is 16.5. The first-order valence-electron chi connectivity index (χ1n) is 11.2. The molecule has 0 bridgehead atoms. The topological polar surface area (TPSA) is 86.8 Å². The average Bonchev–Trinajstić information content (AvgIpc) is 3.26. The molecular formula is C25H24ClFN6O. The highest BCUT2D eigenvalue weighted by atomic mass is 35.5. The lowest BCUT2D eigenvalue weighted by atomic mass is 9.96. The number of carbonyl (C=O) groups is 1. The largest absolute Gasteiger partial charge is 0.367 e. The molecule has 0 spiro atoms. The van der Waals surface area contributed by atoms with Gasteiger partial charge in [0.25, 0.3) is 5.91 Å². The maximum atomic E-state index is 14.5. The molecule has 3 aromatic heterocycles. The Balaban J connectivity index is 1.30. The number of benzene rings is 1. The van der Waals surface area contributed by atoms with Crippen molar-refractivity contribution >= 4 is 34.4 Å². The molecule has 7 nitrogen and oxygen atoms in total. The lowest BCUT2D eigenvalue weighted by Crippen LogP contribution is -2.42. The van der Waals surface area contributed by atoms with Crippen molar-refractivity contribution in [1.29, 1.82) is 0 Å². The minimum Gasteiger partial charge on any atom is -0.367 e. The van der Waals surface area contributed by atoms with Crippen LogP contribution in [0.3, 0.4) is 0 Å². The number of aryl methyl sites for hydroxylation is 1. The van der Waals surface area contributed by atoms with E-state index in [9.17, 15) is 9.18 Å². The van der Waals surface area contributed by atoms with Crippen molar-refractivity contribution in [3.05, 3.63) is 70.9 Å². The van der Waals surface area contributed by atoms with E-state index in [1.165, 1.54) is 0 Å². The fourth-order valence-corrected chi connectivity index (χ4v) is 4.58. The zero-order valence-electron chi connectivity index (χ0n) is 18.7. The summed E-state index contributed by atoms with van der Waals surface area (Å²) in [6.07, 6.45) is 6.32. The Labute approximate surface area is 201 Å². The van der Waals surface area contributed by atoms with E-state index in [0.29, 0.717) is 35.1 Å². The van der Waals surface area contributed by atoms with E-state index < -0.39 is 5.82 Å². The monoisotopic (exact) mass is 478 g/mol. The number of nitrogens with one attached hydrogen (secondary N) is 2. The zero-order chi connectivity index (χ0) is 23.7. The molecule has 0 radical (unpaired) electrons. The van der Waals surface area contributed by atoms with Gasteiger partial charge in [-0.3, -0.25) is 4.79 Å². The Hall–Kier alpha value is -3.52. The molecule has 1 aliphatic heterocycles. The van der Waals surface area contributed by atoms with Crippen LogP contribution in [0.5, 0.6) is 0 Å². The Morgan fingerprint density at radius 2 is 2.15 bits per heavy atom. The van der Waals surface area contributed by atoms with Gasteiger partial charge in [-0.05, 0) is 43.4 Å². The van der Waals surface area contributed by atoms with Gasteiger partial charge >= 0.3 is 0 Å². The second-order valence-corrected chi connectivity index (χ2v) is 9.03. The van der Waals surface area contributed by atoms with Crippen LogP contribution in [-0.4, -0.2) is 50.4 Å². The van der Waals surface area contributed by atoms with Crippen LogP contribution in [0.2, 0.25) is 5.02 Å². The summed E-state index contributed by atoms with van der Waals surface area (Å²) in [5, 5.41) is 4.40. The van der Waals surface area contributed by atoms with Gasteiger partial charge in [-0.2, -0.15) is 0 Å². The Morgan fingerprint density at radius 1 is 1.29 bits per heavy atom. The summed E-state index contributed by atoms with van der Waals surface area (Å²) < 4.78 is 14.5. The van der Waals surface area contributed by atoms with Gasteiger partial charge in [-0.15, -0.1) is 0 Å². The van der Waals surface area contributed by atoms with E-state index in [0.717, 1.165) is 42.1 Å². The molecule has 4 heterocycles. The van der Waals surface area contributed by atoms with Gasteiger partial charge in [0.2, 0.25) is 0 Å². The fraction of sp³-hybridized carbons (Fsp3) is 0.280. The number of likely N-dealkylation sites (tertiary alicyclic amines) is 1. The number of anilines is 1.